The normalized spacial score (nSPS) is 10.4. The van der Waals surface area contributed by atoms with E-state index >= 15 is 0 Å². The molecule has 0 aliphatic carbocycles. The lowest BCUT2D eigenvalue weighted by Crippen LogP contribution is -2.13. The van der Waals surface area contributed by atoms with E-state index in [2.05, 4.69) is 5.32 Å². The van der Waals surface area contributed by atoms with Crippen LogP contribution < -0.4 is 5.32 Å². The van der Waals surface area contributed by atoms with Crippen molar-refractivity contribution in [1.82, 2.24) is 0 Å². The Kier molecular flexibility index (Phi) is 5.58. The maximum atomic E-state index is 12.8. The van der Waals surface area contributed by atoms with Crippen LogP contribution in [0.3, 0.4) is 0 Å². The average Bonchev–Trinajstić information content (AvgIpc) is 2.51. The summed E-state index contributed by atoms with van der Waals surface area (Å²) in [7, 11) is 0. The standard InChI is InChI=1S/C16H12Cl2FNO3/c17-12-7-11(8-13(18)16(12)23)20-15(22)6-5-14(21)9-1-3-10(19)4-2-9/h1-4,7-8,23H,5-6H2,(H,20,22). The van der Waals surface area contributed by atoms with Crippen LogP contribution >= 0.6 is 23.2 Å². The minimum atomic E-state index is -0.430. The van der Waals surface area contributed by atoms with E-state index in [9.17, 15) is 19.1 Å². The van der Waals surface area contributed by atoms with Gasteiger partial charge < -0.3 is 10.4 Å². The van der Waals surface area contributed by atoms with Gasteiger partial charge in [-0.1, -0.05) is 23.2 Å². The Morgan fingerprint density at radius 1 is 1.04 bits per heavy atom. The maximum absolute atomic E-state index is 12.8. The molecule has 1 amide bonds. The molecular weight excluding hydrogens is 344 g/mol. The molecule has 0 saturated carbocycles. The number of hydrogen-bond donors (Lipinski definition) is 2. The molecule has 4 nitrogen and oxygen atoms in total. The summed E-state index contributed by atoms with van der Waals surface area (Å²) in [6.45, 7) is 0. The van der Waals surface area contributed by atoms with Crippen LogP contribution in [0.5, 0.6) is 5.75 Å². The van der Waals surface area contributed by atoms with E-state index in [4.69, 9.17) is 23.2 Å². The smallest absolute Gasteiger partial charge is 0.224 e. The van der Waals surface area contributed by atoms with Gasteiger partial charge >= 0.3 is 0 Å². The van der Waals surface area contributed by atoms with E-state index in [1.807, 2.05) is 0 Å². The highest BCUT2D eigenvalue weighted by molar-refractivity contribution is 6.37. The van der Waals surface area contributed by atoms with Crippen LogP contribution in [0.15, 0.2) is 36.4 Å². The van der Waals surface area contributed by atoms with Crippen molar-refractivity contribution in [2.24, 2.45) is 0 Å². The van der Waals surface area contributed by atoms with Crippen molar-refractivity contribution >= 4 is 40.6 Å². The molecule has 0 bridgehead atoms. The van der Waals surface area contributed by atoms with Crippen LogP contribution in [0.1, 0.15) is 23.2 Å². The summed E-state index contributed by atoms with van der Waals surface area (Å²) in [6.07, 6.45) is -0.0661. The third-order valence-electron chi connectivity index (χ3n) is 3.05. The van der Waals surface area contributed by atoms with Crippen LogP contribution in [-0.4, -0.2) is 16.8 Å². The van der Waals surface area contributed by atoms with E-state index in [0.29, 0.717) is 11.3 Å². The Morgan fingerprint density at radius 3 is 2.17 bits per heavy atom. The molecule has 120 valence electrons. The highest BCUT2D eigenvalue weighted by Crippen LogP contribution is 2.34. The Hall–Kier alpha value is -2.11. The molecular formula is C16H12Cl2FNO3. The second-order valence-electron chi connectivity index (χ2n) is 4.77. The number of rotatable bonds is 5. The number of amides is 1. The van der Waals surface area contributed by atoms with E-state index in [1.54, 1.807) is 0 Å². The quantitative estimate of drug-likeness (QED) is 0.615. The molecule has 7 heteroatoms. The van der Waals surface area contributed by atoms with Crippen molar-refractivity contribution in [2.75, 3.05) is 5.32 Å². The predicted octanol–water partition coefficient (Wildman–Crippen LogP) is 4.44. The number of hydrogen-bond acceptors (Lipinski definition) is 3. The fourth-order valence-electron chi connectivity index (χ4n) is 1.87. The zero-order valence-electron chi connectivity index (χ0n) is 11.8. The SMILES string of the molecule is O=C(CCC(=O)c1ccc(F)cc1)Nc1cc(Cl)c(O)c(Cl)c1. The van der Waals surface area contributed by atoms with Gasteiger partial charge in [-0.3, -0.25) is 9.59 Å². The van der Waals surface area contributed by atoms with Crippen molar-refractivity contribution in [2.45, 2.75) is 12.8 Å². The van der Waals surface area contributed by atoms with Crippen molar-refractivity contribution in [1.29, 1.82) is 0 Å². The molecule has 0 saturated heterocycles. The third-order valence-corrected chi connectivity index (χ3v) is 3.62. The molecule has 0 aromatic heterocycles. The summed E-state index contributed by atoms with van der Waals surface area (Å²) in [5.41, 5.74) is 0.659. The highest BCUT2D eigenvalue weighted by Gasteiger charge is 2.12. The Balaban J connectivity index is 1.92. The summed E-state index contributed by atoms with van der Waals surface area (Å²) < 4.78 is 12.8. The molecule has 23 heavy (non-hydrogen) atoms. The number of Topliss-reactive ketones (excluding diaryl/α,β-unsaturated/α-hetero) is 1. The van der Waals surface area contributed by atoms with Crippen LogP contribution in [0.25, 0.3) is 0 Å². The zero-order chi connectivity index (χ0) is 17.0. The first-order chi connectivity index (χ1) is 10.9. The first-order valence-corrected chi connectivity index (χ1v) is 7.39. The minimum Gasteiger partial charge on any atom is -0.505 e. The van der Waals surface area contributed by atoms with Gasteiger partial charge in [-0.05, 0) is 36.4 Å². The van der Waals surface area contributed by atoms with Gasteiger partial charge in [-0.15, -0.1) is 0 Å². The number of phenols is 1. The van der Waals surface area contributed by atoms with Gasteiger partial charge in [0.25, 0.3) is 0 Å². The molecule has 2 N–H and O–H groups in total. The van der Waals surface area contributed by atoms with Crippen molar-refractivity contribution in [3.63, 3.8) is 0 Å². The van der Waals surface area contributed by atoms with E-state index in [0.717, 1.165) is 0 Å². The molecule has 0 aliphatic heterocycles. The van der Waals surface area contributed by atoms with E-state index < -0.39 is 11.7 Å². The average molecular weight is 356 g/mol. The molecule has 2 aromatic rings. The van der Waals surface area contributed by atoms with E-state index in [1.165, 1.54) is 36.4 Å². The van der Waals surface area contributed by atoms with Crippen LogP contribution in [-0.2, 0) is 4.79 Å². The van der Waals surface area contributed by atoms with Crippen molar-refractivity contribution in [3.05, 3.63) is 57.8 Å². The second kappa shape index (κ2) is 7.44. The molecule has 0 unspecified atom stereocenters. The molecule has 0 spiro atoms. The fourth-order valence-corrected chi connectivity index (χ4v) is 2.36. The number of benzene rings is 2. The number of nitrogens with one attached hydrogen (secondary N) is 1. The number of halogens is 3. The number of phenolic OH excluding ortho intramolecular Hbond substituents is 1. The molecule has 0 heterocycles. The zero-order valence-corrected chi connectivity index (χ0v) is 13.3. The maximum Gasteiger partial charge on any atom is 0.224 e. The second-order valence-corrected chi connectivity index (χ2v) is 5.58. The van der Waals surface area contributed by atoms with Gasteiger partial charge in [0, 0.05) is 24.1 Å². The Bertz CT molecular complexity index is 724. The van der Waals surface area contributed by atoms with Crippen LogP contribution in [0.4, 0.5) is 10.1 Å². The Morgan fingerprint density at radius 2 is 1.61 bits per heavy atom. The van der Waals surface area contributed by atoms with Crippen LogP contribution in [0.2, 0.25) is 10.0 Å². The number of anilines is 1. The first kappa shape index (κ1) is 17.2. The lowest BCUT2D eigenvalue weighted by molar-refractivity contribution is -0.116. The molecule has 0 atom stereocenters. The summed E-state index contributed by atoms with van der Waals surface area (Å²) >= 11 is 11.5. The predicted molar refractivity (Wildman–Crippen MR) is 86.7 cm³/mol. The summed E-state index contributed by atoms with van der Waals surface area (Å²) in [6, 6.07) is 7.82. The van der Waals surface area contributed by atoms with Gasteiger partial charge in [0.2, 0.25) is 5.91 Å². The van der Waals surface area contributed by atoms with Crippen molar-refractivity contribution in [3.8, 4) is 5.75 Å². The lowest BCUT2D eigenvalue weighted by Gasteiger charge is -2.08. The summed E-state index contributed by atoms with van der Waals surface area (Å²) in [5.74, 6) is -1.36. The van der Waals surface area contributed by atoms with Gasteiger partial charge in [-0.25, -0.2) is 4.39 Å². The van der Waals surface area contributed by atoms with Gasteiger partial charge in [0.1, 0.15) is 5.82 Å². The van der Waals surface area contributed by atoms with E-state index in [-0.39, 0.29) is 34.4 Å². The van der Waals surface area contributed by atoms with Gasteiger partial charge in [0.15, 0.2) is 11.5 Å². The molecule has 0 aliphatic rings. The number of aromatic hydroxyl groups is 1. The Labute approximate surface area is 141 Å². The third kappa shape index (κ3) is 4.68. The highest BCUT2D eigenvalue weighted by atomic mass is 35.5. The molecule has 0 radical (unpaired) electrons. The lowest BCUT2D eigenvalue weighted by atomic mass is 10.1. The number of ketones is 1. The molecule has 2 rings (SSSR count). The minimum absolute atomic E-state index is 0.00943. The molecule has 0 fully saturated rings. The monoisotopic (exact) mass is 355 g/mol. The summed E-state index contributed by atoms with van der Waals surface area (Å²) in [5, 5.41) is 12.0. The van der Waals surface area contributed by atoms with Gasteiger partial charge in [0.05, 0.1) is 10.0 Å². The van der Waals surface area contributed by atoms with Crippen LogP contribution in [0, 0.1) is 5.82 Å². The molecule has 2 aromatic carbocycles. The number of carbonyl (C=O) groups excluding carboxylic acids is 2. The fraction of sp³-hybridized carbons (Fsp3) is 0.125. The first-order valence-electron chi connectivity index (χ1n) is 6.63. The number of carbonyl (C=O) groups is 2. The largest absolute Gasteiger partial charge is 0.505 e. The van der Waals surface area contributed by atoms with Crippen molar-refractivity contribution < 1.29 is 19.1 Å². The topological polar surface area (TPSA) is 66.4 Å². The van der Waals surface area contributed by atoms with Gasteiger partial charge in [-0.2, -0.15) is 0 Å². The summed E-state index contributed by atoms with van der Waals surface area (Å²) in [4.78, 5) is 23.7.